The number of rotatable bonds is 5. The van der Waals surface area contributed by atoms with E-state index in [-0.39, 0.29) is 18.5 Å². The number of fused-ring (bicyclic) bond motifs is 1. The van der Waals surface area contributed by atoms with E-state index in [0.717, 1.165) is 16.5 Å². The van der Waals surface area contributed by atoms with Crippen LogP contribution in [0.3, 0.4) is 0 Å². The van der Waals surface area contributed by atoms with Crippen LogP contribution >= 0.6 is 11.6 Å². The van der Waals surface area contributed by atoms with Crippen LogP contribution in [0.25, 0.3) is 10.8 Å². The van der Waals surface area contributed by atoms with Gasteiger partial charge in [-0.15, -0.1) is 11.6 Å². The normalized spacial score (nSPS) is 12.1. The summed E-state index contributed by atoms with van der Waals surface area (Å²) in [6.07, 6.45) is -0.432. The predicted octanol–water partition coefficient (Wildman–Crippen LogP) is 3.39. The van der Waals surface area contributed by atoms with Gasteiger partial charge in [-0.25, -0.2) is 0 Å². The van der Waals surface area contributed by atoms with Gasteiger partial charge in [0.15, 0.2) is 0 Å². The zero-order valence-electron chi connectivity index (χ0n) is 10.6. The molecule has 0 saturated carbocycles. The SMILES string of the molecule is CC(=O)O[C@H](CCl)COc1cccc2ccccc12. The fraction of sp³-hybridized carbons (Fsp3) is 0.267. The van der Waals surface area contributed by atoms with Gasteiger partial charge in [-0.1, -0.05) is 36.4 Å². The Kier molecular flexibility index (Phi) is 4.63. The van der Waals surface area contributed by atoms with Crippen molar-refractivity contribution >= 4 is 28.3 Å². The zero-order chi connectivity index (χ0) is 13.7. The average Bonchev–Trinajstić information content (AvgIpc) is 2.43. The van der Waals surface area contributed by atoms with Crippen LogP contribution in [0.1, 0.15) is 6.92 Å². The zero-order valence-corrected chi connectivity index (χ0v) is 11.4. The third kappa shape index (κ3) is 3.61. The number of alkyl halides is 1. The topological polar surface area (TPSA) is 35.5 Å². The van der Waals surface area contributed by atoms with Crippen LogP contribution in [-0.2, 0) is 9.53 Å². The smallest absolute Gasteiger partial charge is 0.303 e. The first-order valence-electron chi connectivity index (χ1n) is 6.04. The highest BCUT2D eigenvalue weighted by molar-refractivity contribution is 6.18. The molecule has 0 unspecified atom stereocenters. The molecule has 2 aromatic carbocycles. The molecule has 0 aromatic heterocycles. The summed E-state index contributed by atoms with van der Waals surface area (Å²) in [4.78, 5) is 10.9. The molecule has 1 atom stereocenters. The highest BCUT2D eigenvalue weighted by atomic mass is 35.5. The van der Waals surface area contributed by atoms with Crippen molar-refractivity contribution in [2.75, 3.05) is 12.5 Å². The molecule has 0 aliphatic carbocycles. The van der Waals surface area contributed by atoms with Gasteiger partial charge < -0.3 is 9.47 Å². The van der Waals surface area contributed by atoms with Crippen LogP contribution in [0.5, 0.6) is 5.75 Å². The van der Waals surface area contributed by atoms with E-state index in [9.17, 15) is 4.79 Å². The molecule has 0 aliphatic heterocycles. The molecule has 0 N–H and O–H groups in total. The summed E-state index contributed by atoms with van der Waals surface area (Å²) in [6.45, 7) is 1.61. The number of hydrogen-bond acceptors (Lipinski definition) is 3. The van der Waals surface area contributed by atoms with Crippen LogP contribution < -0.4 is 4.74 Å². The first-order valence-corrected chi connectivity index (χ1v) is 6.58. The van der Waals surface area contributed by atoms with Crippen LogP contribution in [0.15, 0.2) is 42.5 Å². The van der Waals surface area contributed by atoms with Crippen molar-refractivity contribution in [3.05, 3.63) is 42.5 Å². The minimum absolute atomic E-state index is 0.213. The molecular weight excluding hydrogens is 264 g/mol. The van der Waals surface area contributed by atoms with E-state index in [0.29, 0.717) is 0 Å². The van der Waals surface area contributed by atoms with Crippen molar-refractivity contribution in [1.29, 1.82) is 0 Å². The van der Waals surface area contributed by atoms with Gasteiger partial charge in [0.25, 0.3) is 0 Å². The average molecular weight is 279 g/mol. The maximum absolute atomic E-state index is 10.9. The van der Waals surface area contributed by atoms with E-state index >= 15 is 0 Å². The minimum Gasteiger partial charge on any atom is -0.489 e. The quantitative estimate of drug-likeness (QED) is 0.621. The number of carbonyl (C=O) groups is 1. The van der Waals surface area contributed by atoms with E-state index in [1.165, 1.54) is 6.92 Å². The van der Waals surface area contributed by atoms with Crippen LogP contribution in [0.2, 0.25) is 0 Å². The Bertz CT molecular complexity index is 563. The fourth-order valence-electron chi connectivity index (χ4n) is 1.85. The van der Waals surface area contributed by atoms with Crippen molar-refractivity contribution < 1.29 is 14.3 Å². The number of carbonyl (C=O) groups excluding carboxylic acids is 1. The molecule has 2 aromatic rings. The maximum atomic E-state index is 10.9. The second-order valence-corrected chi connectivity index (χ2v) is 4.48. The molecule has 19 heavy (non-hydrogen) atoms. The summed E-state index contributed by atoms with van der Waals surface area (Å²) < 4.78 is 10.7. The van der Waals surface area contributed by atoms with Gasteiger partial charge >= 0.3 is 5.97 Å². The Morgan fingerprint density at radius 1 is 1.21 bits per heavy atom. The van der Waals surface area contributed by atoms with Gasteiger partial charge in [0.05, 0.1) is 5.88 Å². The lowest BCUT2D eigenvalue weighted by Gasteiger charge is -2.16. The summed E-state index contributed by atoms with van der Waals surface area (Å²) in [5.41, 5.74) is 0. The molecule has 4 heteroatoms. The van der Waals surface area contributed by atoms with E-state index < -0.39 is 6.10 Å². The van der Waals surface area contributed by atoms with Crippen LogP contribution in [0, 0.1) is 0 Å². The summed E-state index contributed by atoms with van der Waals surface area (Å²) in [7, 11) is 0. The fourth-order valence-corrected chi connectivity index (χ4v) is 2.00. The number of benzene rings is 2. The first-order chi connectivity index (χ1) is 9.20. The molecule has 0 radical (unpaired) electrons. The lowest BCUT2D eigenvalue weighted by Crippen LogP contribution is -2.25. The van der Waals surface area contributed by atoms with Gasteiger partial charge in [-0.05, 0) is 11.5 Å². The maximum Gasteiger partial charge on any atom is 0.303 e. The molecule has 100 valence electrons. The third-order valence-corrected chi connectivity index (χ3v) is 3.02. The highest BCUT2D eigenvalue weighted by Gasteiger charge is 2.12. The Balaban J connectivity index is 2.11. The van der Waals surface area contributed by atoms with Crippen molar-refractivity contribution in [3.8, 4) is 5.75 Å². The molecular formula is C15H15ClO3. The molecule has 0 fully saturated rings. The molecule has 0 spiro atoms. The number of esters is 1. The molecule has 0 aliphatic rings. The molecule has 2 rings (SSSR count). The Hall–Kier alpha value is -1.74. The molecule has 0 bridgehead atoms. The van der Waals surface area contributed by atoms with Crippen molar-refractivity contribution in [2.24, 2.45) is 0 Å². The van der Waals surface area contributed by atoms with E-state index in [1.807, 2.05) is 42.5 Å². The largest absolute Gasteiger partial charge is 0.489 e. The third-order valence-electron chi connectivity index (χ3n) is 2.68. The Morgan fingerprint density at radius 3 is 2.68 bits per heavy atom. The van der Waals surface area contributed by atoms with Gasteiger partial charge in [-0.3, -0.25) is 4.79 Å². The van der Waals surface area contributed by atoms with Crippen molar-refractivity contribution in [2.45, 2.75) is 13.0 Å². The van der Waals surface area contributed by atoms with Gasteiger partial charge in [0, 0.05) is 12.3 Å². The van der Waals surface area contributed by atoms with Crippen LogP contribution in [-0.4, -0.2) is 24.6 Å². The number of ether oxygens (including phenoxy) is 2. The number of halogens is 1. The molecule has 0 saturated heterocycles. The van der Waals surface area contributed by atoms with Crippen molar-refractivity contribution in [3.63, 3.8) is 0 Å². The summed E-state index contributed by atoms with van der Waals surface area (Å²) in [5.74, 6) is 0.622. The molecule has 0 amide bonds. The lowest BCUT2D eigenvalue weighted by molar-refractivity contribution is -0.146. The van der Waals surface area contributed by atoms with Gasteiger partial charge in [-0.2, -0.15) is 0 Å². The second kappa shape index (κ2) is 6.43. The van der Waals surface area contributed by atoms with E-state index in [4.69, 9.17) is 21.1 Å². The van der Waals surface area contributed by atoms with Crippen LogP contribution in [0.4, 0.5) is 0 Å². The monoisotopic (exact) mass is 278 g/mol. The predicted molar refractivity (Wildman–Crippen MR) is 75.7 cm³/mol. The number of hydrogen-bond donors (Lipinski definition) is 0. The lowest BCUT2D eigenvalue weighted by atomic mass is 10.1. The first kappa shape index (κ1) is 13.7. The van der Waals surface area contributed by atoms with Crippen molar-refractivity contribution in [1.82, 2.24) is 0 Å². The summed E-state index contributed by atoms with van der Waals surface area (Å²) in [6, 6.07) is 13.8. The summed E-state index contributed by atoms with van der Waals surface area (Å²) in [5, 5.41) is 2.14. The van der Waals surface area contributed by atoms with Gasteiger partial charge in [0.1, 0.15) is 18.5 Å². The molecule has 0 heterocycles. The minimum atomic E-state index is -0.432. The highest BCUT2D eigenvalue weighted by Crippen LogP contribution is 2.25. The Labute approximate surface area is 117 Å². The molecule has 3 nitrogen and oxygen atoms in total. The van der Waals surface area contributed by atoms with Gasteiger partial charge in [0.2, 0.25) is 0 Å². The summed E-state index contributed by atoms with van der Waals surface area (Å²) >= 11 is 5.74. The Morgan fingerprint density at radius 2 is 1.95 bits per heavy atom. The van der Waals surface area contributed by atoms with E-state index in [2.05, 4.69) is 0 Å². The van der Waals surface area contributed by atoms with E-state index in [1.54, 1.807) is 0 Å². The standard InChI is InChI=1S/C15H15ClO3/c1-11(17)19-13(9-16)10-18-15-8-4-6-12-5-2-3-7-14(12)15/h2-8,13H,9-10H2,1H3/t13-/m1/s1. The second-order valence-electron chi connectivity index (χ2n) is 4.17.